The van der Waals surface area contributed by atoms with Crippen LogP contribution in [0.25, 0.3) is 0 Å². The summed E-state index contributed by atoms with van der Waals surface area (Å²) in [6, 6.07) is 0. The Labute approximate surface area is 80.6 Å². The molecule has 0 saturated heterocycles. The molecule has 3 N–H and O–H groups in total. The monoisotopic (exact) mass is 204 g/mol. The molecule has 0 aliphatic carbocycles. The van der Waals surface area contributed by atoms with Gasteiger partial charge in [-0.3, -0.25) is 9.59 Å². The highest BCUT2D eigenvalue weighted by Crippen LogP contribution is 2.05. The van der Waals surface area contributed by atoms with Crippen LogP contribution >= 0.6 is 11.8 Å². The molecule has 0 rings (SSSR count). The van der Waals surface area contributed by atoms with Gasteiger partial charge in [-0.05, 0) is 5.41 Å². The molecule has 0 radical (unpaired) electrons. The van der Waals surface area contributed by atoms with Crippen molar-refractivity contribution in [3.63, 3.8) is 0 Å². The maximum Gasteiger partial charge on any atom is 0.309 e. The lowest BCUT2D eigenvalue weighted by atomic mass is 10.3. The summed E-state index contributed by atoms with van der Waals surface area (Å²) in [4.78, 5) is 20.1. The van der Waals surface area contributed by atoms with Crippen LogP contribution in [0.3, 0.4) is 0 Å². The number of hydrogen-bond donors (Lipinski definition) is 3. The number of thioether (sulfide) groups is 1. The Bertz CT molecular complexity index is 206. The van der Waals surface area contributed by atoms with E-state index in [1.807, 2.05) is 0 Å². The van der Waals surface area contributed by atoms with E-state index in [9.17, 15) is 9.59 Å². The number of carbonyl (C=O) groups excluding carboxylic acids is 1. The SMILES string of the molecule is CN/C(=C\SCNC=O)CC(=O)O. The molecule has 6 heteroatoms. The van der Waals surface area contributed by atoms with Gasteiger partial charge in [-0.2, -0.15) is 0 Å². The molecule has 0 unspecified atom stereocenters. The first-order valence-electron chi connectivity index (χ1n) is 3.58. The molecule has 0 fully saturated rings. The van der Waals surface area contributed by atoms with E-state index in [-0.39, 0.29) is 6.42 Å². The van der Waals surface area contributed by atoms with Crippen LogP contribution in [-0.2, 0) is 9.59 Å². The lowest BCUT2D eigenvalue weighted by Gasteiger charge is -2.02. The summed E-state index contributed by atoms with van der Waals surface area (Å²) < 4.78 is 0. The van der Waals surface area contributed by atoms with E-state index in [1.54, 1.807) is 12.5 Å². The van der Waals surface area contributed by atoms with Crippen LogP contribution in [0.15, 0.2) is 11.1 Å². The van der Waals surface area contributed by atoms with E-state index in [4.69, 9.17) is 5.11 Å². The molecule has 5 nitrogen and oxygen atoms in total. The Morgan fingerprint density at radius 1 is 1.62 bits per heavy atom. The van der Waals surface area contributed by atoms with Gasteiger partial charge in [0.05, 0.1) is 12.3 Å². The van der Waals surface area contributed by atoms with Crippen LogP contribution in [0.5, 0.6) is 0 Å². The molecule has 1 amide bonds. The fourth-order valence-electron chi connectivity index (χ4n) is 0.576. The van der Waals surface area contributed by atoms with Gasteiger partial charge in [-0.25, -0.2) is 0 Å². The standard InChI is InChI=1S/C7H12N2O3S/c1-8-6(2-7(11)12)3-13-5-9-4-10/h3-4,8H,2,5H2,1H3,(H,9,10)(H,11,12)/b6-3-. The Hall–Kier alpha value is -1.17. The second-order valence-corrected chi connectivity index (χ2v) is 2.95. The van der Waals surface area contributed by atoms with Gasteiger partial charge >= 0.3 is 5.97 Å². The third-order valence-electron chi connectivity index (χ3n) is 1.14. The van der Waals surface area contributed by atoms with E-state index >= 15 is 0 Å². The molecule has 0 aromatic carbocycles. The number of carboxylic acids is 1. The first-order valence-corrected chi connectivity index (χ1v) is 4.62. The lowest BCUT2D eigenvalue weighted by Crippen LogP contribution is -2.11. The molecule has 0 heterocycles. The predicted octanol–water partition coefficient (Wildman–Crippen LogP) is -0.0414. The zero-order chi connectivity index (χ0) is 10.1. The predicted molar refractivity (Wildman–Crippen MR) is 51.1 cm³/mol. The number of nitrogens with one attached hydrogen (secondary N) is 2. The van der Waals surface area contributed by atoms with Crippen molar-refractivity contribution in [2.45, 2.75) is 6.42 Å². The quantitative estimate of drug-likeness (QED) is 0.308. The van der Waals surface area contributed by atoms with Gasteiger partial charge in [0.15, 0.2) is 0 Å². The van der Waals surface area contributed by atoms with Crippen LogP contribution in [0, 0.1) is 0 Å². The normalized spacial score (nSPS) is 10.7. The zero-order valence-corrected chi connectivity index (χ0v) is 8.06. The Kier molecular flexibility index (Phi) is 6.80. The zero-order valence-electron chi connectivity index (χ0n) is 7.24. The van der Waals surface area contributed by atoms with E-state index in [1.165, 1.54) is 11.8 Å². The Morgan fingerprint density at radius 2 is 2.31 bits per heavy atom. The summed E-state index contributed by atoms with van der Waals surface area (Å²) in [5.41, 5.74) is 0.616. The average Bonchev–Trinajstić information content (AvgIpc) is 2.09. The van der Waals surface area contributed by atoms with Gasteiger partial charge in [0, 0.05) is 12.7 Å². The topological polar surface area (TPSA) is 78.4 Å². The van der Waals surface area contributed by atoms with Crippen molar-refractivity contribution in [2.75, 3.05) is 12.9 Å². The van der Waals surface area contributed by atoms with Gasteiger partial charge in [-0.1, -0.05) is 0 Å². The molecule has 0 aliphatic heterocycles. The summed E-state index contributed by atoms with van der Waals surface area (Å²) in [7, 11) is 1.66. The maximum absolute atomic E-state index is 10.3. The Morgan fingerprint density at radius 3 is 2.77 bits per heavy atom. The second-order valence-electron chi connectivity index (χ2n) is 2.10. The molecule has 0 spiro atoms. The molecule has 0 atom stereocenters. The van der Waals surface area contributed by atoms with Crippen molar-refractivity contribution in [3.05, 3.63) is 11.1 Å². The summed E-state index contributed by atoms with van der Waals surface area (Å²) in [5.74, 6) is -0.446. The summed E-state index contributed by atoms with van der Waals surface area (Å²) in [5, 5.41) is 15.3. The first kappa shape index (κ1) is 11.8. The van der Waals surface area contributed by atoms with E-state index < -0.39 is 5.97 Å². The average molecular weight is 204 g/mol. The molecule has 0 aromatic rings. The number of amides is 1. The van der Waals surface area contributed by atoms with Gasteiger partial charge < -0.3 is 15.7 Å². The molecule has 0 saturated carbocycles. The van der Waals surface area contributed by atoms with Crippen molar-refractivity contribution in [2.24, 2.45) is 0 Å². The Balaban J connectivity index is 3.77. The van der Waals surface area contributed by atoms with Crippen molar-refractivity contribution < 1.29 is 14.7 Å². The van der Waals surface area contributed by atoms with Crippen molar-refractivity contribution in [1.29, 1.82) is 0 Å². The molecular weight excluding hydrogens is 192 g/mol. The van der Waals surface area contributed by atoms with Gasteiger partial charge in [-0.15, -0.1) is 11.8 Å². The lowest BCUT2D eigenvalue weighted by molar-refractivity contribution is -0.136. The number of aliphatic carboxylic acids is 1. The number of rotatable bonds is 7. The van der Waals surface area contributed by atoms with E-state index in [0.717, 1.165) is 0 Å². The highest BCUT2D eigenvalue weighted by Gasteiger charge is 2.00. The van der Waals surface area contributed by atoms with Crippen LogP contribution < -0.4 is 10.6 Å². The number of carbonyl (C=O) groups is 2. The third-order valence-corrected chi connectivity index (χ3v) is 1.92. The van der Waals surface area contributed by atoms with Crippen molar-refractivity contribution in [3.8, 4) is 0 Å². The minimum absolute atomic E-state index is 0.0371. The van der Waals surface area contributed by atoms with Gasteiger partial charge in [0.1, 0.15) is 0 Å². The van der Waals surface area contributed by atoms with Crippen LogP contribution in [0.1, 0.15) is 6.42 Å². The van der Waals surface area contributed by atoms with Crippen molar-refractivity contribution >= 4 is 24.1 Å². The second kappa shape index (κ2) is 7.48. The van der Waals surface area contributed by atoms with Crippen LogP contribution in [-0.4, -0.2) is 30.4 Å². The fourth-order valence-corrected chi connectivity index (χ4v) is 1.23. The molecule has 74 valence electrons. The molecule has 0 aromatic heterocycles. The van der Waals surface area contributed by atoms with Crippen molar-refractivity contribution in [1.82, 2.24) is 10.6 Å². The molecule has 0 bridgehead atoms. The number of hydrogen-bond acceptors (Lipinski definition) is 4. The van der Waals surface area contributed by atoms with E-state index in [2.05, 4.69) is 10.6 Å². The highest BCUT2D eigenvalue weighted by molar-refractivity contribution is 8.02. The minimum Gasteiger partial charge on any atom is -0.481 e. The van der Waals surface area contributed by atoms with Gasteiger partial charge in [0.25, 0.3) is 0 Å². The largest absolute Gasteiger partial charge is 0.481 e. The van der Waals surface area contributed by atoms with Crippen LogP contribution in [0.2, 0.25) is 0 Å². The summed E-state index contributed by atoms with van der Waals surface area (Å²) in [6.45, 7) is 0. The van der Waals surface area contributed by atoms with Crippen LogP contribution in [0.4, 0.5) is 0 Å². The minimum atomic E-state index is -0.885. The highest BCUT2D eigenvalue weighted by atomic mass is 32.2. The first-order chi connectivity index (χ1) is 6.20. The molecule has 0 aliphatic rings. The summed E-state index contributed by atoms with van der Waals surface area (Å²) >= 11 is 1.32. The maximum atomic E-state index is 10.3. The molecule has 13 heavy (non-hydrogen) atoms. The third kappa shape index (κ3) is 7.20. The van der Waals surface area contributed by atoms with Gasteiger partial charge in [0.2, 0.25) is 6.41 Å². The van der Waals surface area contributed by atoms with E-state index in [0.29, 0.717) is 18.0 Å². The smallest absolute Gasteiger partial charge is 0.309 e. The molecular formula is C7H12N2O3S. The summed E-state index contributed by atoms with van der Waals surface area (Å²) in [6.07, 6.45) is 0.557. The number of carboxylic acid groups (broad SMARTS) is 1. The fraction of sp³-hybridized carbons (Fsp3) is 0.429.